The molecular weight excluding hydrogens is 716 g/mol. The van der Waals surface area contributed by atoms with E-state index >= 15 is 0 Å². The normalized spacial score (nSPS) is 27.8. The third-order valence-electron chi connectivity index (χ3n) is 9.11. The van der Waals surface area contributed by atoms with Crippen molar-refractivity contribution >= 4 is 17.9 Å². The molecule has 14 heteroatoms. The van der Waals surface area contributed by atoms with Crippen LogP contribution in [0.3, 0.4) is 0 Å². The summed E-state index contributed by atoms with van der Waals surface area (Å²) in [6.45, 7) is -1.10. The summed E-state index contributed by atoms with van der Waals surface area (Å²) in [5, 5.41) is 32.3. The molecule has 0 aliphatic carbocycles. The maximum Gasteiger partial charge on any atom is 0.338 e. The highest BCUT2D eigenvalue weighted by Gasteiger charge is 2.54. The average molecular weight is 759 g/mol. The molecule has 2 saturated heterocycles. The van der Waals surface area contributed by atoms with Gasteiger partial charge in [-0.3, -0.25) is 0 Å². The first-order valence-corrected chi connectivity index (χ1v) is 17.6. The zero-order valence-electron chi connectivity index (χ0n) is 29.8. The van der Waals surface area contributed by atoms with E-state index in [1.807, 2.05) is 30.3 Å². The quantitative estimate of drug-likeness (QED) is 0.126. The van der Waals surface area contributed by atoms with Crippen LogP contribution < -0.4 is 0 Å². The number of hydrogen-bond donors (Lipinski definition) is 3. The number of methoxy groups -OCH3 is 1. The summed E-state index contributed by atoms with van der Waals surface area (Å²) in [7, 11) is 1.29. The molecule has 0 unspecified atom stereocenters. The first-order chi connectivity index (χ1) is 26.8. The van der Waals surface area contributed by atoms with Crippen molar-refractivity contribution in [1.29, 1.82) is 0 Å². The molecule has 55 heavy (non-hydrogen) atoms. The van der Waals surface area contributed by atoms with Crippen molar-refractivity contribution in [1.82, 2.24) is 0 Å². The summed E-state index contributed by atoms with van der Waals surface area (Å²) in [5.74, 6) is -2.45. The van der Waals surface area contributed by atoms with Crippen LogP contribution in [-0.2, 0) is 44.5 Å². The lowest BCUT2D eigenvalue weighted by atomic mass is 9.97. The Morgan fingerprint density at radius 3 is 1.49 bits per heavy atom. The Kier molecular flexibility index (Phi) is 13.7. The molecule has 4 aromatic rings. The fraction of sp³-hybridized carbons (Fsp3) is 0.341. The number of esters is 3. The fourth-order valence-electron chi connectivity index (χ4n) is 6.25. The third-order valence-corrected chi connectivity index (χ3v) is 9.11. The maximum atomic E-state index is 13.6. The van der Waals surface area contributed by atoms with Crippen molar-refractivity contribution < 1.29 is 67.6 Å². The molecule has 0 bridgehead atoms. The molecule has 0 radical (unpaired) electrons. The van der Waals surface area contributed by atoms with Gasteiger partial charge in [0.25, 0.3) is 0 Å². The summed E-state index contributed by atoms with van der Waals surface area (Å²) < 4.78 is 47.4. The van der Waals surface area contributed by atoms with Gasteiger partial charge in [0, 0.05) is 7.11 Å². The first-order valence-electron chi connectivity index (χ1n) is 17.6. The highest BCUT2D eigenvalue weighted by Crippen LogP contribution is 2.33. The minimum absolute atomic E-state index is 0.0286. The molecule has 14 nitrogen and oxygen atoms in total. The minimum Gasteiger partial charge on any atom is -0.452 e. The molecule has 2 aliphatic heterocycles. The largest absolute Gasteiger partial charge is 0.452 e. The lowest BCUT2D eigenvalue weighted by Gasteiger charge is -2.45. The van der Waals surface area contributed by atoms with E-state index in [0.29, 0.717) is 0 Å². The Balaban J connectivity index is 1.30. The highest BCUT2D eigenvalue weighted by molar-refractivity contribution is 5.91. The zero-order valence-corrected chi connectivity index (χ0v) is 29.8. The van der Waals surface area contributed by atoms with Gasteiger partial charge in [0.05, 0.1) is 36.5 Å². The number of benzene rings is 4. The van der Waals surface area contributed by atoms with Crippen LogP contribution in [-0.4, -0.2) is 115 Å². The number of hydrogen-bond acceptors (Lipinski definition) is 14. The van der Waals surface area contributed by atoms with Crippen molar-refractivity contribution in [3.8, 4) is 0 Å². The van der Waals surface area contributed by atoms with Crippen molar-refractivity contribution in [2.45, 2.75) is 68.0 Å². The van der Waals surface area contributed by atoms with Crippen LogP contribution in [0.25, 0.3) is 0 Å². The second-order valence-electron chi connectivity index (χ2n) is 12.8. The number of carbonyl (C=O) groups excluding carboxylic acids is 3. The molecule has 2 aliphatic rings. The summed E-state index contributed by atoms with van der Waals surface area (Å²) in [5.41, 5.74) is 1.27. The first kappa shape index (κ1) is 39.7. The van der Waals surface area contributed by atoms with Crippen LogP contribution in [0.4, 0.5) is 0 Å². The van der Waals surface area contributed by atoms with E-state index in [9.17, 15) is 29.7 Å². The SMILES string of the molecule is CO[C@H]1O[C@H](CO[C@@H]2O[C@H](CO)[C@@H](O)[C@H](OCc3ccccc3)[C@@H]2O)[C@@H](OC(=O)c2ccccc2)[C@H](OC(=O)c2ccccc2)[C@H]1OC(=O)c1ccccc1. The Morgan fingerprint density at radius 2 is 1.00 bits per heavy atom. The summed E-state index contributed by atoms with van der Waals surface area (Å²) >= 11 is 0. The van der Waals surface area contributed by atoms with Crippen molar-refractivity contribution in [3.05, 3.63) is 144 Å². The topological polar surface area (TPSA) is 186 Å². The average Bonchev–Trinajstić information content (AvgIpc) is 3.23. The van der Waals surface area contributed by atoms with E-state index in [4.69, 9.17) is 37.9 Å². The molecule has 2 heterocycles. The Labute approximate surface area is 317 Å². The second-order valence-corrected chi connectivity index (χ2v) is 12.8. The lowest BCUT2D eigenvalue weighted by Crippen LogP contribution is -2.64. The molecule has 6 rings (SSSR count). The van der Waals surface area contributed by atoms with Gasteiger partial charge in [0.15, 0.2) is 30.9 Å². The molecule has 0 amide bonds. The van der Waals surface area contributed by atoms with Gasteiger partial charge in [-0.25, -0.2) is 14.4 Å². The minimum atomic E-state index is -1.57. The molecule has 2 fully saturated rings. The van der Waals surface area contributed by atoms with Crippen LogP contribution in [0, 0.1) is 0 Å². The standard InChI is InChI=1S/C41H42O14/c1-48-41-36(55-39(47)28-20-12-5-13-21-28)35(54-38(46)27-18-10-4-11-19-27)33(53-37(45)26-16-8-3-9-17-26)30(52-41)24-50-40-32(44)34(31(43)29(22-42)51-40)49-23-25-14-6-2-7-15-25/h2-21,29-36,40-44H,22-24H2,1H3/t29-,30-,31-,32+,33-,34+,35+,36-,40-,41+/m1/s1. The van der Waals surface area contributed by atoms with E-state index in [-0.39, 0.29) is 23.3 Å². The van der Waals surface area contributed by atoms with Gasteiger partial charge in [-0.05, 0) is 42.0 Å². The van der Waals surface area contributed by atoms with Crippen molar-refractivity contribution in [2.24, 2.45) is 0 Å². The summed E-state index contributed by atoms with van der Waals surface area (Å²) in [4.78, 5) is 40.7. The van der Waals surface area contributed by atoms with E-state index in [0.717, 1.165) is 5.56 Å². The van der Waals surface area contributed by atoms with E-state index in [1.165, 1.54) is 43.5 Å². The van der Waals surface area contributed by atoms with E-state index in [1.54, 1.807) is 54.6 Å². The van der Waals surface area contributed by atoms with E-state index < -0.39 is 92.5 Å². The van der Waals surface area contributed by atoms with Crippen LogP contribution in [0.2, 0.25) is 0 Å². The smallest absolute Gasteiger partial charge is 0.338 e. The molecule has 3 N–H and O–H groups in total. The van der Waals surface area contributed by atoms with Gasteiger partial charge in [0.1, 0.15) is 30.5 Å². The number of aliphatic hydroxyl groups excluding tert-OH is 3. The monoisotopic (exact) mass is 758 g/mol. The Bertz CT molecular complexity index is 1810. The van der Waals surface area contributed by atoms with Crippen molar-refractivity contribution in [3.63, 3.8) is 0 Å². The van der Waals surface area contributed by atoms with Gasteiger partial charge in [-0.1, -0.05) is 84.9 Å². The Morgan fingerprint density at radius 1 is 0.545 bits per heavy atom. The lowest BCUT2D eigenvalue weighted by molar-refractivity contribution is -0.331. The van der Waals surface area contributed by atoms with Gasteiger partial charge < -0.3 is 53.2 Å². The summed E-state index contributed by atoms with van der Waals surface area (Å²) in [6.07, 6.45) is -14.2. The van der Waals surface area contributed by atoms with Gasteiger partial charge in [-0.15, -0.1) is 0 Å². The molecule has 0 aromatic heterocycles. The molecular formula is C41H42O14. The summed E-state index contributed by atoms with van der Waals surface area (Å²) in [6, 6.07) is 33.2. The van der Waals surface area contributed by atoms with Gasteiger partial charge in [-0.2, -0.15) is 0 Å². The maximum absolute atomic E-state index is 13.6. The predicted molar refractivity (Wildman–Crippen MR) is 191 cm³/mol. The zero-order chi connectivity index (χ0) is 38.7. The molecule has 290 valence electrons. The number of carbonyl (C=O) groups is 3. The third kappa shape index (κ3) is 9.80. The molecule has 10 atom stereocenters. The predicted octanol–water partition coefficient (Wildman–Crippen LogP) is 3.08. The fourth-order valence-corrected chi connectivity index (χ4v) is 6.25. The number of ether oxygens (including phenoxy) is 8. The van der Waals surface area contributed by atoms with Gasteiger partial charge in [0.2, 0.25) is 0 Å². The highest BCUT2D eigenvalue weighted by atomic mass is 16.7. The second kappa shape index (κ2) is 19.0. The van der Waals surface area contributed by atoms with Crippen LogP contribution in [0.15, 0.2) is 121 Å². The molecule has 0 spiro atoms. The van der Waals surface area contributed by atoms with Gasteiger partial charge >= 0.3 is 17.9 Å². The van der Waals surface area contributed by atoms with Crippen LogP contribution in [0.5, 0.6) is 0 Å². The molecule has 0 saturated carbocycles. The number of rotatable bonds is 14. The van der Waals surface area contributed by atoms with E-state index in [2.05, 4.69) is 0 Å². The van der Waals surface area contributed by atoms with Crippen LogP contribution >= 0.6 is 0 Å². The molecule has 4 aromatic carbocycles. The van der Waals surface area contributed by atoms with Crippen molar-refractivity contribution in [2.75, 3.05) is 20.3 Å². The number of aliphatic hydroxyl groups is 3. The Hall–Kier alpha value is -5.03. The van der Waals surface area contributed by atoms with Crippen LogP contribution in [0.1, 0.15) is 36.6 Å².